The third kappa shape index (κ3) is 14.8. The highest BCUT2D eigenvalue weighted by Gasteiger charge is 2.18. The fraction of sp³-hybridized carbons (Fsp3) is 0.358. The number of nitrogens with zero attached hydrogens (tertiary/aromatic N) is 2. The molecule has 7 aromatic rings. The van der Waals surface area contributed by atoms with Crippen molar-refractivity contribution >= 4 is 54.7 Å². The van der Waals surface area contributed by atoms with Gasteiger partial charge in [-0.05, 0) is 123 Å². The van der Waals surface area contributed by atoms with E-state index in [0.29, 0.717) is 52.6 Å². The molecular formula is C53H57N3O12S2. The number of fused-ring (bicyclic) bond motifs is 2. The molecular weight excluding hydrogens is 935 g/mol. The Morgan fingerprint density at radius 1 is 0.586 bits per heavy atom. The maximum atomic E-state index is 11.8. The van der Waals surface area contributed by atoms with Crippen LogP contribution in [0.1, 0.15) is 93.8 Å². The van der Waals surface area contributed by atoms with E-state index in [-0.39, 0.29) is 30.6 Å². The number of aromatic nitrogens is 2. The summed E-state index contributed by atoms with van der Waals surface area (Å²) >= 11 is 2.64. The van der Waals surface area contributed by atoms with Gasteiger partial charge in [0.25, 0.3) is 5.91 Å². The molecule has 0 bridgehead atoms. The number of hydrogen-bond donors (Lipinski definition) is 2. The average Bonchev–Trinajstić information content (AvgIpc) is 4.06. The van der Waals surface area contributed by atoms with E-state index in [4.69, 9.17) is 53.5 Å². The Morgan fingerprint density at radius 2 is 0.986 bits per heavy atom. The standard InChI is InChI=1S/C21H21NO5S.C20H20N2O4S.C12H16O3/c1-24-21(23)18-10-16-17(11-22-12-19(16)28-18)27-15-7-5-14(6-8-15)13-26-20-4-2-3-9-25-20;21-20(23)17-9-15-16(10-22-11-18(15)27-17)26-14-6-4-13(5-7-14)12-25-19-3-1-2-8-24-19;13-11-6-4-10(5-7-11)9-15-12-3-1-2-8-14-12/h5-8,10-12,20H,2-4,9,13H2,1H3;4-7,9-11,19H,1-3,8,12H2,(H2,21,23);4-7,12-13H,1-3,8-9H2. The minimum Gasteiger partial charge on any atom is -0.508 e. The molecule has 3 aliphatic heterocycles. The first-order chi connectivity index (χ1) is 34.3. The number of phenols is 1. The number of rotatable bonds is 15. The average molecular weight is 992 g/mol. The van der Waals surface area contributed by atoms with E-state index in [1.807, 2.05) is 60.7 Å². The van der Waals surface area contributed by atoms with Gasteiger partial charge in [-0.2, -0.15) is 0 Å². The van der Waals surface area contributed by atoms with Crippen LogP contribution in [0, 0.1) is 0 Å². The van der Waals surface area contributed by atoms with Crippen LogP contribution in [0.15, 0.2) is 110 Å². The molecule has 70 heavy (non-hydrogen) atoms. The Morgan fingerprint density at radius 3 is 1.37 bits per heavy atom. The maximum absolute atomic E-state index is 11.8. The normalized spacial score (nSPS) is 17.9. The van der Waals surface area contributed by atoms with Crippen LogP contribution in [0.4, 0.5) is 0 Å². The molecule has 368 valence electrons. The third-order valence-electron chi connectivity index (χ3n) is 11.4. The number of amides is 1. The molecule has 1 amide bonds. The van der Waals surface area contributed by atoms with E-state index in [2.05, 4.69) is 9.97 Å². The number of carbonyl (C=O) groups excluding carboxylic acids is 2. The predicted octanol–water partition coefficient (Wildman–Crippen LogP) is 11.6. The summed E-state index contributed by atoms with van der Waals surface area (Å²) in [4.78, 5) is 32.6. The van der Waals surface area contributed by atoms with Gasteiger partial charge in [-0.3, -0.25) is 14.8 Å². The molecule has 0 saturated carbocycles. The van der Waals surface area contributed by atoms with Crippen molar-refractivity contribution in [3.8, 4) is 28.7 Å². The van der Waals surface area contributed by atoms with Crippen LogP contribution in [-0.2, 0) is 53.0 Å². The van der Waals surface area contributed by atoms with Crippen molar-refractivity contribution in [3.63, 3.8) is 0 Å². The Kier molecular flexibility index (Phi) is 18.5. The van der Waals surface area contributed by atoms with Gasteiger partial charge in [-0.1, -0.05) is 36.4 Å². The number of carbonyl (C=O) groups is 2. The van der Waals surface area contributed by atoms with Gasteiger partial charge in [-0.15, -0.1) is 22.7 Å². The van der Waals surface area contributed by atoms with Crippen LogP contribution >= 0.6 is 22.7 Å². The van der Waals surface area contributed by atoms with Gasteiger partial charge in [0.15, 0.2) is 30.4 Å². The quantitative estimate of drug-likeness (QED) is 0.0923. The number of aromatic hydroxyl groups is 1. The first kappa shape index (κ1) is 50.4. The summed E-state index contributed by atoms with van der Waals surface area (Å²) in [5.41, 5.74) is 8.54. The van der Waals surface area contributed by atoms with Gasteiger partial charge >= 0.3 is 5.97 Å². The second kappa shape index (κ2) is 25.7. The smallest absolute Gasteiger partial charge is 0.348 e. The molecule has 3 aromatic carbocycles. The van der Waals surface area contributed by atoms with Crippen molar-refractivity contribution in [3.05, 3.63) is 136 Å². The number of thiophene rings is 2. The van der Waals surface area contributed by atoms with Crippen molar-refractivity contribution in [1.82, 2.24) is 9.97 Å². The molecule has 3 aliphatic rings. The summed E-state index contributed by atoms with van der Waals surface area (Å²) < 4.78 is 52.3. The Bertz CT molecular complexity index is 2730. The number of benzene rings is 3. The van der Waals surface area contributed by atoms with E-state index >= 15 is 0 Å². The molecule has 17 heteroatoms. The lowest BCUT2D eigenvalue weighted by Crippen LogP contribution is -2.21. The van der Waals surface area contributed by atoms with E-state index in [0.717, 1.165) is 108 Å². The van der Waals surface area contributed by atoms with Crippen LogP contribution in [0.2, 0.25) is 0 Å². The van der Waals surface area contributed by atoms with Crippen molar-refractivity contribution in [1.29, 1.82) is 0 Å². The first-order valence-corrected chi connectivity index (χ1v) is 25.0. The number of primary amides is 1. The second-order valence-electron chi connectivity index (χ2n) is 16.7. The molecule has 4 aromatic heterocycles. The molecule has 3 unspecified atom stereocenters. The molecule has 10 rings (SSSR count). The lowest BCUT2D eigenvalue weighted by atomic mass is 10.2. The zero-order chi connectivity index (χ0) is 48.5. The zero-order valence-electron chi connectivity index (χ0n) is 39.0. The molecule has 0 radical (unpaired) electrons. The van der Waals surface area contributed by atoms with E-state index in [1.54, 1.807) is 49.1 Å². The molecule has 0 spiro atoms. The molecule has 7 heterocycles. The second-order valence-corrected chi connectivity index (χ2v) is 18.8. The molecule has 15 nitrogen and oxygen atoms in total. The summed E-state index contributed by atoms with van der Waals surface area (Å²) in [6, 6.07) is 26.0. The lowest BCUT2D eigenvalue weighted by Gasteiger charge is -2.22. The van der Waals surface area contributed by atoms with Gasteiger partial charge in [0.1, 0.15) is 22.1 Å². The summed E-state index contributed by atoms with van der Waals surface area (Å²) in [6.07, 6.45) is 16.2. The highest BCUT2D eigenvalue weighted by Crippen LogP contribution is 2.36. The van der Waals surface area contributed by atoms with Gasteiger partial charge in [0.2, 0.25) is 0 Å². The number of phenolic OH excluding ortho intramolecular Hbond substituents is 1. The molecule has 3 atom stereocenters. The number of pyridine rings is 2. The zero-order valence-corrected chi connectivity index (χ0v) is 40.6. The Hall–Kier alpha value is -6.02. The maximum Gasteiger partial charge on any atom is 0.348 e. The molecule has 3 fully saturated rings. The van der Waals surface area contributed by atoms with Gasteiger partial charge < -0.3 is 53.5 Å². The number of nitrogens with two attached hydrogens (primary N) is 1. The molecule has 0 aliphatic carbocycles. The Balaban J connectivity index is 0.000000148. The lowest BCUT2D eigenvalue weighted by molar-refractivity contribution is -0.169. The molecule has 3 saturated heterocycles. The number of ether oxygens (including phenoxy) is 9. The summed E-state index contributed by atoms with van der Waals surface area (Å²) in [7, 11) is 1.37. The van der Waals surface area contributed by atoms with Crippen molar-refractivity contribution in [2.45, 2.75) is 96.5 Å². The highest BCUT2D eigenvalue weighted by molar-refractivity contribution is 7.21. The number of esters is 1. The summed E-state index contributed by atoms with van der Waals surface area (Å²) in [5, 5.41) is 10.8. The van der Waals surface area contributed by atoms with Crippen LogP contribution < -0.4 is 15.2 Å². The van der Waals surface area contributed by atoms with Gasteiger partial charge in [0, 0.05) is 43.0 Å². The van der Waals surface area contributed by atoms with Crippen LogP contribution in [0.25, 0.3) is 20.2 Å². The van der Waals surface area contributed by atoms with E-state index < -0.39 is 5.91 Å². The van der Waals surface area contributed by atoms with E-state index in [9.17, 15) is 9.59 Å². The minimum atomic E-state index is -0.451. The van der Waals surface area contributed by atoms with Gasteiger partial charge in [-0.25, -0.2) is 4.79 Å². The highest BCUT2D eigenvalue weighted by atomic mass is 32.1. The number of hydrogen-bond acceptors (Lipinski definition) is 16. The van der Waals surface area contributed by atoms with Crippen molar-refractivity contribution < 1.29 is 57.3 Å². The SMILES string of the molecule is COC(=O)c1cc2c(Oc3ccc(COC4CCCCO4)cc3)cncc2s1.NC(=O)c1cc2c(Oc3ccc(COC4CCCCO4)cc3)cncc2s1.Oc1ccc(COC2CCCCO2)cc1. The minimum absolute atomic E-state index is 0.0486. The van der Waals surface area contributed by atoms with Crippen LogP contribution in [-0.4, -0.2) is 72.8 Å². The van der Waals surface area contributed by atoms with Crippen LogP contribution in [0.3, 0.4) is 0 Å². The monoisotopic (exact) mass is 991 g/mol. The predicted molar refractivity (Wildman–Crippen MR) is 265 cm³/mol. The Labute approximate surface area is 414 Å². The van der Waals surface area contributed by atoms with E-state index in [1.165, 1.54) is 36.2 Å². The van der Waals surface area contributed by atoms with Crippen molar-refractivity contribution in [2.24, 2.45) is 5.73 Å². The largest absolute Gasteiger partial charge is 0.508 e. The number of methoxy groups -OCH3 is 1. The first-order valence-electron chi connectivity index (χ1n) is 23.4. The fourth-order valence-electron chi connectivity index (χ4n) is 7.61. The summed E-state index contributed by atoms with van der Waals surface area (Å²) in [6.45, 7) is 3.92. The topological polar surface area (TPSA) is 189 Å². The van der Waals surface area contributed by atoms with Crippen LogP contribution in [0.5, 0.6) is 28.7 Å². The van der Waals surface area contributed by atoms with Gasteiger partial charge in [0.05, 0.1) is 53.6 Å². The third-order valence-corrected chi connectivity index (χ3v) is 13.5. The summed E-state index contributed by atoms with van der Waals surface area (Å²) in [5.74, 6) is 2.05. The van der Waals surface area contributed by atoms with Crippen molar-refractivity contribution in [2.75, 3.05) is 26.9 Å². The molecule has 3 N–H and O–H groups in total. The fourth-order valence-corrected chi connectivity index (χ4v) is 9.47.